The van der Waals surface area contributed by atoms with Gasteiger partial charge < -0.3 is 5.21 Å². The molecule has 1 atom stereocenters. The molecule has 1 unspecified atom stereocenters. The van der Waals surface area contributed by atoms with E-state index in [2.05, 4.69) is 29.4 Å². The minimum Gasteiger partial charge on any atom is -0.411 e. The molecule has 0 aliphatic heterocycles. The van der Waals surface area contributed by atoms with Crippen molar-refractivity contribution in [2.45, 2.75) is 25.2 Å². The fourth-order valence-electron chi connectivity index (χ4n) is 2.34. The highest BCUT2D eigenvalue weighted by atomic mass is 16.4. The lowest BCUT2D eigenvalue weighted by Gasteiger charge is -2.30. The number of hydrogen-bond donors (Lipinski definition) is 1. The predicted molar refractivity (Wildman–Crippen MR) is 54.8 cm³/mol. The van der Waals surface area contributed by atoms with Gasteiger partial charge in [-0.2, -0.15) is 0 Å². The van der Waals surface area contributed by atoms with Crippen LogP contribution in [0.1, 0.15) is 29.9 Å². The molecular formula is C12H13NO. The Labute approximate surface area is 83.3 Å². The van der Waals surface area contributed by atoms with Crippen LogP contribution in [0, 0.1) is 5.92 Å². The average molecular weight is 187 g/mol. The minimum atomic E-state index is 0.406. The van der Waals surface area contributed by atoms with Gasteiger partial charge in [0.05, 0.1) is 5.71 Å². The normalized spacial score (nSPS) is 25.4. The molecule has 3 rings (SSSR count). The highest BCUT2D eigenvalue weighted by Gasteiger charge is 2.38. The van der Waals surface area contributed by atoms with Gasteiger partial charge >= 0.3 is 0 Å². The van der Waals surface area contributed by atoms with Gasteiger partial charge in [-0.15, -0.1) is 0 Å². The van der Waals surface area contributed by atoms with Crippen molar-refractivity contribution in [3.8, 4) is 0 Å². The molecule has 0 bridgehead atoms. The van der Waals surface area contributed by atoms with E-state index >= 15 is 0 Å². The summed E-state index contributed by atoms with van der Waals surface area (Å²) in [6, 6.07) is 8.44. The fraction of sp³-hybridized carbons (Fsp3) is 0.417. The average Bonchev–Trinajstić information content (AvgIpc) is 2.98. The van der Waals surface area contributed by atoms with Crippen molar-refractivity contribution in [3.05, 3.63) is 35.4 Å². The minimum absolute atomic E-state index is 0.406. The number of nitrogens with zero attached hydrogens (tertiary/aromatic N) is 1. The third-order valence-electron chi connectivity index (χ3n) is 3.32. The zero-order valence-corrected chi connectivity index (χ0v) is 7.98. The molecule has 0 spiro atoms. The summed E-state index contributed by atoms with van der Waals surface area (Å²) in [5.41, 5.74) is 3.80. The molecule has 1 N–H and O–H groups in total. The van der Waals surface area contributed by atoms with Crippen LogP contribution in [0.15, 0.2) is 29.4 Å². The second-order valence-corrected chi connectivity index (χ2v) is 4.25. The maximum atomic E-state index is 8.99. The summed E-state index contributed by atoms with van der Waals surface area (Å²) in [4.78, 5) is 0. The molecule has 0 aromatic heterocycles. The molecule has 2 aliphatic carbocycles. The van der Waals surface area contributed by atoms with Gasteiger partial charge in [0.15, 0.2) is 0 Å². The first-order valence-corrected chi connectivity index (χ1v) is 5.20. The Morgan fingerprint density at radius 2 is 2.07 bits per heavy atom. The quantitative estimate of drug-likeness (QED) is 0.431. The van der Waals surface area contributed by atoms with E-state index in [-0.39, 0.29) is 0 Å². The van der Waals surface area contributed by atoms with Crippen molar-refractivity contribution in [1.82, 2.24) is 0 Å². The number of benzene rings is 1. The largest absolute Gasteiger partial charge is 0.411 e. The van der Waals surface area contributed by atoms with E-state index in [0.29, 0.717) is 11.8 Å². The Morgan fingerprint density at radius 3 is 2.71 bits per heavy atom. The smallest absolute Gasteiger partial charge is 0.0679 e. The maximum Gasteiger partial charge on any atom is 0.0679 e. The van der Waals surface area contributed by atoms with Gasteiger partial charge in [0.1, 0.15) is 0 Å². The summed E-state index contributed by atoms with van der Waals surface area (Å²) < 4.78 is 0. The molecule has 72 valence electrons. The molecule has 1 aromatic carbocycles. The SMILES string of the molecule is O/N=C(\C1CC1)C1Cc2ccccc21. The van der Waals surface area contributed by atoms with Crippen LogP contribution < -0.4 is 0 Å². The predicted octanol–water partition coefficient (Wildman–Crippen LogP) is 2.57. The Hall–Kier alpha value is -1.31. The molecule has 0 heterocycles. The van der Waals surface area contributed by atoms with Gasteiger partial charge in [-0.25, -0.2) is 0 Å². The van der Waals surface area contributed by atoms with Gasteiger partial charge in [0.2, 0.25) is 0 Å². The lowest BCUT2D eigenvalue weighted by molar-refractivity contribution is 0.313. The number of hydrogen-bond acceptors (Lipinski definition) is 2. The van der Waals surface area contributed by atoms with Crippen LogP contribution in [-0.2, 0) is 6.42 Å². The monoisotopic (exact) mass is 187 g/mol. The van der Waals surface area contributed by atoms with Crippen LogP contribution in [-0.4, -0.2) is 10.9 Å². The van der Waals surface area contributed by atoms with Crippen LogP contribution in [0.3, 0.4) is 0 Å². The Kier molecular flexibility index (Phi) is 1.63. The third-order valence-corrected chi connectivity index (χ3v) is 3.32. The molecule has 1 fully saturated rings. The second-order valence-electron chi connectivity index (χ2n) is 4.25. The summed E-state index contributed by atoms with van der Waals surface area (Å²) in [6.07, 6.45) is 3.47. The van der Waals surface area contributed by atoms with Crippen molar-refractivity contribution in [2.24, 2.45) is 11.1 Å². The fourth-order valence-corrected chi connectivity index (χ4v) is 2.34. The standard InChI is InChI=1S/C12H13NO/c14-13-12(8-5-6-8)11-7-9-3-1-2-4-10(9)11/h1-4,8,11,14H,5-7H2/b13-12+. The third kappa shape index (κ3) is 1.07. The molecule has 14 heavy (non-hydrogen) atoms. The second kappa shape index (κ2) is 2.84. The molecule has 2 aliphatic rings. The Bertz CT molecular complexity index is 393. The van der Waals surface area contributed by atoms with Crippen molar-refractivity contribution in [2.75, 3.05) is 0 Å². The van der Waals surface area contributed by atoms with Gasteiger partial charge in [-0.3, -0.25) is 0 Å². The Morgan fingerprint density at radius 1 is 1.29 bits per heavy atom. The van der Waals surface area contributed by atoms with Gasteiger partial charge in [0.25, 0.3) is 0 Å². The van der Waals surface area contributed by atoms with Crippen LogP contribution in [0.4, 0.5) is 0 Å². The first-order chi connectivity index (χ1) is 6.90. The van der Waals surface area contributed by atoms with Crippen LogP contribution in [0.25, 0.3) is 0 Å². The van der Waals surface area contributed by atoms with Gasteiger partial charge in [0, 0.05) is 11.8 Å². The molecule has 0 saturated heterocycles. The van der Waals surface area contributed by atoms with E-state index < -0.39 is 0 Å². The highest BCUT2D eigenvalue weighted by molar-refractivity contribution is 5.96. The molecule has 1 saturated carbocycles. The summed E-state index contributed by atoms with van der Waals surface area (Å²) in [5, 5.41) is 12.5. The van der Waals surface area contributed by atoms with Crippen LogP contribution in [0.5, 0.6) is 0 Å². The number of oxime groups is 1. The lowest BCUT2D eigenvalue weighted by Crippen LogP contribution is -2.26. The van der Waals surface area contributed by atoms with Crippen LogP contribution in [0.2, 0.25) is 0 Å². The molecular weight excluding hydrogens is 174 g/mol. The first kappa shape index (κ1) is 8.04. The van der Waals surface area contributed by atoms with E-state index in [1.54, 1.807) is 0 Å². The molecule has 2 heteroatoms. The van der Waals surface area contributed by atoms with E-state index in [9.17, 15) is 0 Å². The summed E-state index contributed by atoms with van der Waals surface area (Å²) in [7, 11) is 0. The molecule has 0 radical (unpaired) electrons. The van der Waals surface area contributed by atoms with E-state index in [4.69, 9.17) is 5.21 Å². The van der Waals surface area contributed by atoms with Crippen molar-refractivity contribution >= 4 is 5.71 Å². The number of rotatable bonds is 2. The summed E-state index contributed by atoms with van der Waals surface area (Å²) >= 11 is 0. The highest BCUT2D eigenvalue weighted by Crippen LogP contribution is 2.43. The zero-order chi connectivity index (χ0) is 9.54. The van der Waals surface area contributed by atoms with E-state index in [1.165, 1.54) is 24.0 Å². The zero-order valence-electron chi connectivity index (χ0n) is 7.98. The maximum absolute atomic E-state index is 8.99. The van der Waals surface area contributed by atoms with Crippen molar-refractivity contribution < 1.29 is 5.21 Å². The molecule has 0 amide bonds. The van der Waals surface area contributed by atoms with E-state index in [0.717, 1.165) is 12.1 Å². The molecule has 1 aromatic rings. The topological polar surface area (TPSA) is 32.6 Å². The molecule has 2 nitrogen and oxygen atoms in total. The van der Waals surface area contributed by atoms with Gasteiger partial charge in [-0.1, -0.05) is 29.4 Å². The number of fused-ring (bicyclic) bond motifs is 1. The summed E-state index contributed by atoms with van der Waals surface area (Å²) in [6.45, 7) is 0. The van der Waals surface area contributed by atoms with Crippen molar-refractivity contribution in [3.63, 3.8) is 0 Å². The lowest BCUT2D eigenvalue weighted by atomic mass is 9.74. The van der Waals surface area contributed by atoms with Gasteiger partial charge in [-0.05, 0) is 30.4 Å². The summed E-state index contributed by atoms with van der Waals surface area (Å²) in [5.74, 6) is 0.974. The Balaban J connectivity index is 1.90. The first-order valence-electron chi connectivity index (χ1n) is 5.20. The van der Waals surface area contributed by atoms with E-state index in [1.807, 2.05) is 0 Å². The van der Waals surface area contributed by atoms with Crippen molar-refractivity contribution in [1.29, 1.82) is 0 Å². The van der Waals surface area contributed by atoms with Crippen LogP contribution >= 0.6 is 0 Å².